The molecule has 0 saturated heterocycles. The van der Waals surface area contributed by atoms with E-state index in [0.29, 0.717) is 0 Å². The van der Waals surface area contributed by atoms with Crippen molar-refractivity contribution >= 4 is 11.6 Å². The van der Waals surface area contributed by atoms with Crippen molar-refractivity contribution in [3.63, 3.8) is 0 Å². The first-order chi connectivity index (χ1) is 6.72. The van der Waals surface area contributed by atoms with Crippen molar-refractivity contribution in [2.45, 2.75) is 20.3 Å². The molecule has 0 atom stereocenters. The second-order valence-electron chi connectivity index (χ2n) is 3.20. The Morgan fingerprint density at radius 3 is 2.57 bits per heavy atom. The summed E-state index contributed by atoms with van der Waals surface area (Å²) in [4.78, 5) is 11.4. The average Bonchev–Trinajstić information content (AvgIpc) is 2.19. The minimum Gasteiger partial charge on any atom is -0.323 e. The highest BCUT2D eigenvalue weighted by atomic mass is 16.1. The standard InChI is InChI=1S/C12H15NO/c1-3-10(2)9-12(14)13-11-7-5-4-6-8-11/h4-9H,3H2,1-2H3,(H,13,14)/b10-9-. The molecule has 0 bridgehead atoms. The molecule has 74 valence electrons. The molecule has 0 fully saturated rings. The maximum Gasteiger partial charge on any atom is 0.248 e. The van der Waals surface area contributed by atoms with Crippen LogP contribution in [0.4, 0.5) is 5.69 Å². The van der Waals surface area contributed by atoms with Crippen molar-refractivity contribution in [1.82, 2.24) is 0 Å². The molecule has 0 aliphatic carbocycles. The number of rotatable bonds is 3. The van der Waals surface area contributed by atoms with Gasteiger partial charge in [0.15, 0.2) is 0 Å². The number of amides is 1. The van der Waals surface area contributed by atoms with E-state index in [4.69, 9.17) is 0 Å². The maximum atomic E-state index is 11.4. The normalized spacial score (nSPS) is 11.1. The summed E-state index contributed by atoms with van der Waals surface area (Å²) >= 11 is 0. The van der Waals surface area contributed by atoms with Crippen molar-refractivity contribution in [2.24, 2.45) is 0 Å². The summed E-state index contributed by atoms with van der Waals surface area (Å²) in [5, 5.41) is 2.79. The first-order valence-corrected chi connectivity index (χ1v) is 4.75. The van der Waals surface area contributed by atoms with Crippen LogP contribution in [0.1, 0.15) is 20.3 Å². The van der Waals surface area contributed by atoms with Gasteiger partial charge in [-0.3, -0.25) is 4.79 Å². The van der Waals surface area contributed by atoms with Crippen LogP contribution >= 0.6 is 0 Å². The molecule has 0 aliphatic rings. The fourth-order valence-electron chi connectivity index (χ4n) is 1.03. The summed E-state index contributed by atoms with van der Waals surface area (Å²) in [6.07, 6.45) is 2.54. The number of nitrogens with one attached hydrogen (secondary N) is 1. The van der Waals surface area contributed by atoms with Gasteiger partial charge in [0.25, 0.3) is 0 Å². The van der Waals surface area contributed by atoms with E-state index < -0.39 is 0 Å². The number of para-hydroxylation sites is 1. The molecule has 14 heavy (non-hydrogen) atoms. The number of allylic oxidation sites excluding steroid dienone is 1. The van der Waals surface area contributed by atoms with Crippen molar-refractivity contribution in [2.75, 3.05) is 5.32 Å². The Balaban J connectivity index is 2.58. The van der Waals surface area contributed by atoms with Crippen LogP contribution < -0.4 is 5.32 Å². The maximum absolute atomic E-state index is 11.4. The van der Waals surface area contributed by atoms with Gasteiger partial charge < -0.3 is 5.32 Å². The van der Waals surface area contributed by atoms with Crippen molar-refractivity contribution in [3.8, 4) is 0 Å². The van der Waals surface area contributed by atoms with Crippen LogP contribution in [0, 0.1) is 0 Å². The predicted octanol–water partition coefficient (Wildman–Crippen LogP) is 2.98. The van der Waals surface area contributed by atoms with Crippen LogP contribution in [0.2, 0.25) is 0 Å². The number of hydrogen-bond acceptors (Lipinski definition) is 1. The highest BCUT2D eigenvalue weighted by molar-refractivity contribution is 5.99. The fourth-order valence-corrected chi connectivity index (χ4v) is 1.03. The zero-order valence-electron chi connectivity index (χ0n) is 8.58. The topological polar surface area (TPSA) is 29.1 Å². The Kier molecular flexibility index (Phi) is 3.92. The lowest BCUT2D eigenvalue weighted by Gasteiger charge is -2.01. The Morgan fingerprint density at radius 1 is 1.36 bits per heavy atom. The summed E-state index contributed by atoms with van der Waals surface area (Å²) in [5.41, 5.74) is 1.91. The molecule has 0 aromatic heterocycles. The van der Waals surface area contributed by atoms with Crippen molar-refractivity contribution in [3.05, 3.63) is 42.0 Å². The lowest BCUT2D eigenvalue weighted by atomic mass is 10.2. The third-order valence-corrected chi connectivity index (χ3v) is 1.98. The van der Waals surface area contributed by atoms with E-state index in [1.165, 1.54) is 0 Å². The van der Waals surface area contributed by atoms with Crippen LogP contribution in [-0.4, -0.2) is 5.91 Å². The summed E-state index contributed by atoms with van der Waals surface area (Å²) in [7, 11) is 0. The highest BCUT2D eigenvalue weighted by Gasteiger charge is 1.97. The van der Waals surface area contributed by atoms with Crippen molar-refractivity contribution in [1.29, 1.82) is 0 Å². The largest absolute Gasteiger partial charge is 0.323 e. The molecule has 1 N–H and O–H groups in total. The minimum atomic E-state index is -0.0597. The van der Waals surface area contributed by atoms with Crippen molar-refractivity contribution < 1.29 is 4.79 Å². The molecule has 2 heteroatoms. The number of carbonyl (C=O) groups excluding carboxylic acids is 1. The molecule has 1 amide bonds. The summed E-state index contributed by atoms with van der Waals surface area (Å²) in [5.74, 6) is -0.0597. The molecule has 0 heterocycles. The fraction of sp³-hybridized carbons (Fsp3) is 0.250. The molecule has 0 aliphatic heterocycles. The smallest absolute Gasteiger partial charge is 0.248 e. The molecular weight excluding hydrogens is 174 g/mol. The van der Waals surface area contributed by atoms with Gasteiger partial charge in [-0.1, -0.05) is 30.7 Å². The Bertz CT molecular complexity index is 327. The number of hydrogen-bond donors (Lipinski definition) is 1. The number of benzene rings is 1. The highest BCUT2D eigenvalue weighted by Crippen LogP contribution is 2.06. The van der Waals surface area contributed by atoms with Gasteiger partial charge in [0, 0.05) is 11.8 Å². The summed E-state index contributed by atoms with van der Waals surface area (Å²) in [6.45, 7) is 3.98. The van der Waals surface area contributed by atoms with E-state index in [1.807, 2.05) is 44.2 Å². The van der Waals surface area contributed by atoms with Gasteiger partial charge in [-0.05, 0) is 25.5 Å². The number of anilines is 1. The lowest BCUT2D eigenvalue weighted by molar-refractivity contribution is -0.112. The molecular formula is C12H15NO. The molecule has 0 unspecified atom stereocenters. The SMILES string of the molecule is CC/C(C)=C\C(=O)Nc1ccccc1. The molecule has 0 spiro atoms. The van der Waals surface area contributed by atoms with E-state index in [2.05, 4.69) is 5.32 Å². The van der Waals surface area contributed by atoms with E-state index in [0.717, 1.165) is 17.7 Å². The second kappa shape index (κ2) is 5.22. The summed E-state index contributed by atoms with van der Waals surface area (Å²) in [6, 6.07) is 9.45. The van der Waals surface area contributed by atoms with E-state index >= 15 is 0 Å². The van der Waals surface area contributed by atoms with Gasteiger partial charge in [-0.2, -0.15) is 0 Å². The molecule has 1 aromatic rings. The van der Waals surface area contributed by atoms with E-state index in [-0.39, 0.29) is 5.91 Å². The van der Waals surface area contributed by atoms with Crippen LogP contribution in [0.3, 0.4) is 0 Å². The minimum absolute atomic E-state index is 0.0597. The average molecular weight is 189 g/mol. The van der Waals surface area contributed by atoms with Gasteiger partial charge >= 0.3 is 0 Å². The lowest BCUT2D eigenvalue weighted by Crippen LogP contribution is -2.08. The van der Waals surface area contributed by atoms with Crippen LogP contribution in [-0.2, 0) is 4.79 Å². The third kappa shape index (κ3) is 3.44. The Morgan fingerprint density at radius 2 is 2.00 bits per heavy atom. The van der Waals surface area contributed by atoms with E-state index in [1.54, 1.807) is 6.08 Å². The monoisotopic (exact) mass is 189 g/mol. The van der Waals surface area contributed by atoms with Crippen LogP contribution in [0.15, 0.2) is 42.0 Å². The molecule has 1 rings (SSSR count). The predicted molar refractivity (Wildman–Crippen MR) is 59.1 cm³/mol. The zero-order valence-corrected chi connectivity index (χ0v) is 8.58. The molecule has 2 nitrogen and oxygen atoms in total. The third-order valence-electron chi connectivity index (χ3n) is 1.98. The van der Waals surface area contributed by atoms with E-state index in [9.17, 15) is 4.79 Å². The molecule has 0 saturated carbocycles. The van der Waals surface area contributed by atoms with Crippen LogP contribution in [0.25, 0.3) is 0 Å². The molecule has 0 radical (unpaired) electrons. The van der Waals surface area contributed by atoms with Gasteiger partial charge in [-0.25, -0.2) is 0 Å². The zero-order chi connectivity index (χ0) is 10.4. The quantitative estimate of drug-likeness (QED) is 0.728. The van der Waals surface area contributed by atoms with Gasteiger partial charge in [0.2, 0.25) is 5.91 Å². The Hall–Kier alpha value is -1.57. The molecule has 1 aromatic carbocycles. The second-order valence-corrected chi connectivity index (χ2v) is 3.20. The first-order valence-electron chi connectivity index (χ1n) is 4.75. The summed E-state index contributed by atoms with van der Waals surface area (Å²) < 4.78 is 0. The van der Waals surface area contributed by atoms with Gasteiger partial charge in [0.1, 0.15) is 0 Å². The Labute approximate surface area is 84.6 Å². The number of carbonyl (C=O) groups is 1. The van der Waals surface area contributed by atoms with Gasteiger partial charge in [0.05, 0.1) is 0 Å². The first kappa shape index (κ1) is 10.5. The van der Waals surface area contributed by atoms with Gasteiger partial charge in [-0.15, -0.1) is 0 Å². The van der Waals surface area contributed by atoms with Crippen LogP contribution in [0.5, 0.6) is 0 Å².